The van der Waals surface area contributed by atoms with E-state index in [1.165, 1.54) is 25.1 Å². The van der Waals surface area contributed by atoms with Gasteiger partial charge in [-0.1, -0.05) is 18.2 Å². The number of oxazole rings is 1. The van der Waals surface area contributed by atoms with Crippen LogP contribution >= 0.6 is 12.2 Å². The lowest BCUT2D eigenvalue weighted by Crippen LogP contribution is -2.34. The van der Waals surface area contributed by atoms with Gasteiger partial charge in [0.25, 0.3) is 11.6 Å². The van der Waals surface area contributed by atoms with Gasteiger partial charge >= 0.3 is 0 Å². The number of para-hydroxylation sites is 2. The van der Waals surface area contributed by atoms with E-state index in [1.54, 1.807) is 12.1 Å². The molecule has 3 aromatic carbocycles. The minimum absolute atomic E-state index is 0.0746. The van der Waals surface area contributed by atoms with Crippen molar-refractivity contribution in [3.63, 3.8) is 0 Å². The molecule has 0 spiro atoms. The van der Waals surface area contributed by atoms with Crippen LogP contribution in [0.1, 0.15) is 15.9 Å². The van der Waals surface area contributed by atoms with Crippen LogP contribution < -0.4 is 10.6 Å². The summed E-state index contributed by atoms with van der Waals surface area (Å²) in [5.41, 5.74) is 3.27. The highest BCUT2D eigenvalue weighted by atomic mass is 32.1. The molecule has 0 aliphatic carbocycles. The summed E-state index contributed by atoms with van der Waals surface area (Å²) in [5, 5.41) is 16.6. The van der Waals surface area contributed by atoms with E-state index in [1.807, 2.05) is 36.4 Å². The first-order chi connectivity index (χ1) is 14.9. The molecule has 0 unspecified atom stereocenters. The van der Waals surface area contributed by atoms with Crippen molar-refractivity contribution in [3.05, 3.63) is 88.0 Å². The second-order valence-electron chi connectivity index (χ2n) is 6.68. The van der Waals surface area contributed by atoms with Gasteiger partial charge in [0.2, 0.25) is 5.89 Å². The van der Waals surface area contributed by atoms with Crippen molar-refractivity contribution < 1.29 is 14.1 Å². The fraction of sp³-hybridized carbons (Fsp3) is 0.0455. The van der Waals surface area contributed by atoms with E-state index in [9.17, 15) is 14.9 Å². The Balaban J connectivity index is 1.44. The normalized spacial score (nSPS) is 10.6. The number of amides is 1. The van der Waals surface area contributed by atoms with Crippen molar-refractivity contribution in [1.82, 2.24) is 10.3 Å². The van der Waals surface area contributed by atoms with Gasteiger partial charge in [-0.15, -0.1) is 0 Å². The Morgan fingerprint density at radius 2 is 1.81 bits per heavy atom. The maximum atomic E-state index is 12.5. The molecule has 4 aromatic rings. The number of hydrogen-bond acceptors (Lipinski definition) is 6. The third-order valence-electron chi connectivity index (χ3n) is 4.66. The molecule has 0 saturated heterocycles. The van der Waals surface area contributed by atoms with Crippen LogP contribution in [0, 0.1) is 17.0 Å². The lowest BCUT2D eigenvalue weighted by Gasteiger charge is -2.11. The molecule has 31 heavy (non-hydrogen) atoms. The Hall–Kier alpha value is -4.11. The Morgan fingerprint density at radius 3 is 2.52 bits per heavy atom. The molecule has 9 heteroatoms. The SMILES string of the molecule is Cc1c(C(=O)NC(=S)Nc2ccc(-c3nc4ccccc4o3)cc2)cccc1[N+](=O)[O-]. The monoisotopic (exact) mass is 432 g/mol. The fourth-order valence-electron chi connectivity index (χ4n) is 3.09. The van der Waals surface area contributed by atoms with E-state index in [4.69, 9.17) is 16.6 Å². The average Bonchev–Trinajstić information content (AvgIpc) is 3.18. The van der Waals surface area contributed by atoms with E-state index in [2.05, 4.69) is 15.6 Å². The molecule has 1 aromatic heterocycles. The predicted molar refractivity (Wildman–Crippen MR) is 121 cm³/mol. The lowest BCUT2D eigenvalue weighted by molar-refractivity contribution is -0.385. The van der Waals surface area contributed by atoms with Gasteiger partial charge in [-0.3, -0.25) is 20.2 Å². The Labute approximate surface area is 182 Å². The van der Waals surface area contributed by atoms with E-state index in [-0.39, 0.29) is 21.9 Å². The number of rotatable bonds is 4. The number of nitro groups is 1. The van der Waals surface area contributed by atoms with Gasteiger partial charge in [-0.2, -0.15) is 0 Å². The molecule has 0 aliphatic heterocycles. The third kappa shape index (κ3) is 4.26. The number of nitrogens with one attached hydrogen (secondary N) is 2. The highest BCUT2D eigenvalue weighted by molar-refractivity contribution is 7.80. The van der Waals surface area contributed by atoms with Gasteiger partial charge in [-0.25, -0.2) is 4.98 Å². The van der Waals surface area contributed by atoms with E-state index < -0.39 is 10.8 Å². The molecule has 0 radical (unpaired) electrons. The lowest BCUT2D eigenvalue weighted by atomic mass is 10.1. The molecule has 2 N–H and O–H groups in total. The molecule has 1 heterocycles. The maximum Gasteiger partial charge on any atom is 0.273 e. The molecule has 4 rings (SSSR count). The summed E-state index contributed by atoms with van der Waals surface area (Å²) < 4.78 is 5.75. The van der Waals surface area contributed by atoms with Gasteiger partial charge in [0.15, 0.2) is 10.7 Å². The van der Waals surface area contributed by atoms with Crippen molar-refractivity contribution in [2.45, 2.75) is 6.92 Å². The average molecular weight is 432 g/mol. The summed E-state index contributed by atoms with van der Waals surface area (Å²) in [6, 6.07) is 19.0. The van der Waals surface area contributed by atoms with Crippen LogP contribution in [0.25, 0.3) is 22.6 Å². The quantitative estimate of drug-likeness (QED) is 0.270. The Bertz CT molecular complexity index is 1280. The van der Waals surface area contributed by atoms with E-state index in [0.29, 0.717) is 17.2 Å². The first-order valence-electron chi connectivity index (χ1n) is 9.25. The summed E-state index contributed by atoms with van der Waals surface area (Å²) >= 11 is 5.20. The minimum Gasteiger partial charge on any atom is -0.436 e. The first kappa shape index (κ1) is 20.2. The number of nitrogens with zero attached hydrogens (tertiary/aromatic N) is 2. The predicted octanol–water partition coefficient (Wildman–Crippen LogP) is 4.84. The molecular formula is C22H16N4O4S. The number of carbonyl (C=O) groups excluding carboxylic acids is 1. The highest BCUT2D eigenvalue weighted by Gasteiger charge is 2.18. The smallest absolute Gasteiger partial charge is 0.273 e. The number of hydrogen-bond donors (Lipinski definition) is 2. The van der Waals surface area contributed by atoms with Crippen molar-refractivity contribution in [2.24, 2.45) is 0 Å². The summed E-state index contributed by atoms with van der Waals surface area (Å²) in [4.78, 5) is 27.5. The highest BCUT2D eigenvalue weighted by Crippen LogP contribution is 2.25. The zero-order valence-corrected chi connectivity index (χ0v) is 17.1. The van der Waals surface area contributed by atoms with E-state index in [0.717, 1.165) is 11.1 Å². The number of thiocarbonyl (C=S) groups is 1. The first-order valence-corrected chi connectivity index (χ1v) is 9.65. The molecule has 8 nitrogen and oxygen atoms in total. The topological polar surface area (TPSA) is 110 Å². The molecule has 0 atom stereocenters. The van der Waals surface area contributed by atoms with Crippen molar-refractivity contribution in [2.75, 3.05) is 5.32 Å². The van der Waals surface area contributed by atoms with Crippen LogP contribution in [-0.4, -0.2) is 20.9 Å². The summed E-state index contributed by atoms with van der Waals surface area (Å²) in [5.74, 6) is -0.0217. The number of benzene rings is 3. The van der Waals surface area contributed by atoms with Gasteiger partial charge in [0.05, 0.1) is 4.92 Å². The van der Waals surface area contributed by atoms with Crippen molar-refractivity contribution >= 4 is 45.7 Å². The number of carbonyl (C=O) groups is 1. The van der Waals surface area contributed by atoms with Crippen LogP contribution in [0.5, 0.6) is 0 Å². The molecule has 0 bridgehead atoms. The van der Waals surface area contributed by atoms with Gasteiger partial charge < -0.3 is 9.73 Å². The van der Waals surface area contributed by atoms with Crippen LogP contribution in [0.2, 0.25) is 0 Å². The molecule has 0 fully saturated rings. The molecule has 154 valence electrons. The number of anilines is 1. The Morgan fingerprint density at radius 1 is 1.06 bits per heavy atom. The number of nitro benzene ring substituents is 1. The second kappa shape index (κ2) is 8.33. The molecule has 1 amide bonds. The summed E-state index contributed by atoms with van der Waals surface area (Å²) in [6.45, 7) is 1.52. The Kier molecular flexibility index (Phi) is 5.42. The third-order valence-corrected chi connectivity index (χ3v) is 4.86. The zero-order valence-electron chi connectivity index (χ0n) is 16.3. The maximum absolute atomic E-state index is 12.5. The molecule has 0 aliphatic rings. The second-order valence-corrected chi connectivity index (χ2v) is 7.09. The van der Waals surface area contributed by atoms with Gasteiger partial charge in [0, 0.05) is 28.4 Å². The minimum atomic E-state index is -0.527. The largest absolute Gasteiger partial charge is 0.436 e. The van der Waals surface area contributed by atoms with Gasteiger partial charge in [-0.05, 0) is 61.6 Å². The van der Waals surface area contributed by atoms with Crippen LogP contribution in [-0.2, 0) is 0 Å². The zero-order chi connectivity index (χ0) is 22.0. The summed E-state index contributed by atoms with van der Waals surface area (Å²) in [6.07, 6.45) is 0. The van der Waals surface area contributed by atoms with Gasteiger partial charge in [0.1, 0.15) is 5.52 Å². The van der Waals surface area contributed by atoms with E-state index >= 15 is 0 Å². The number of aromatic nitrogens is 1. The van der Waals surface area contributed by atoms with Crippen molar-refractivity contribution in [1.29, 1.82) is 0 Å². The number of fused-ring (bicyclic) bond motifs is 1. The van der Waals surface area contributed by atoms with Crippen LogP contribution in [0.4, 0.5) is 11.4 Å². The standard InChI is InChI=1S/C22H16N4O4S/c1-13-16(5-4-7-18(13)26(28)29)20(27)25-22(31)23-15-11-9-14(10-12-15)21-24-17-6-2-3-8-19(17)30-21/h2-12H,1H3,(H2,23,25,27,31). The fourth-order valence-corrected chi connectivity index (χ4v) is 3.30. The van der Waals surface area contributed by atoms with Crippen LogP contribution in [0.3, 0.4) is 0 Å². The van der Waals surface area contributed by atoms with Crippen molar-refractivity contribution in [3.8, 4) is 11.5 Å². The molecule has 0 saturated carbocycles. The molecular weight excluding hydrogens is 416 g/mol. The summed E-state index contributed by atoms with van der Waals surface area (Å²) in [7, 11) is 0. The van der Waals surface area contributed by atoms with Crippen LogP contribution in [0.15, 0.2) is 71.1 Å².